The lowest BCUT2D eigenvalue weighted by atomic mass is 9.90. The highest BCUT2D eigenvalue weighted by Gasteiger charge is 2.21. The second-order valence-corrected chi connectivity index (χ2v) is 7.32. The Morgan fingerprint density at radius 1 is 1.14 bits per heavy atom. The number of nitrogens with zero attached hydrogens (tertiary/aromatic N) is 3. The van der Waals surface area contributed by atoms with Gasteiger partial charge in [0.25, 0.3) is 0 Å². The van der Waals surface area contributed by atoms with Gasteiger partial charge in [0.05, 0.1) is 19.4 Å². The van der Waals surface area contributed by atoms with Crippen molar-refractivity contribution < 1.29 is 13.7 Å². The number of hydrogen-bond acceptors (Lipinski definition) is 6. The molecule has 0 unspecified atom stereocenters. The van der Waals surface area contributed by atoms with Crippen molar-refractivity contribution in [3.05, 3.63) is 54.1 Å². The maximum Gasteiger partial charge on any atom is 0.241 e. The van der Waals surface area contributed by atoms with Crippen LogP contribution >= 0.6 is 0 Å². The predicted octanol–water partition coefficient (Wildman–Crippen LogP) is 4.57. The third-order valence-electron chi connectivity index (χ3n) is 5.35. The van der Waals surface area contributed by atoms with Gasteiger partial charge < -0.3 is 13.7 Å². The number of piperidine rings is 1. The van der Waals surface area contributed by atoms with Crippen molar-refractivity contribution in [2.45, 2.75) is 39.2 Å². The molecule has 28 heavy (non-hydrogen) atoms. The van der Waals surface area contributed by atoms with Crippen molar-refractivity contribution in [1.29, 1.82) is 0 Å². The van der Waals surface area contributed by atoms with Gasteiger partial charge in [-0.2, -0.15) is 4.98 Å². The number of ether oxygens (including phenoxy) is 1. The van der Waals surface area contributed by atoms with Crippen molar-refractivity contribution in [3.63, 3.8) is 0 Å². The molecule has 1 aliphatic heterocycles. The zero-order chi connectivity index (χ0) is 19.2. The lowest BCUT2D eigenvalue weighted by Gasteiger charge is -2.30. The molecule has 0 radical (unpaired) electrons. The Morgan fingerprint density at radius 3 is 2.68 bits per heavy atom. The largest absolute Gasteiger partial charge is 0.494 e. The molecule has 4 rings (SSSR count). The first-order valence-corrected chi connectivity index (χ1v) is 10.1. The molecule has 0 saturated carbocycles. The number of hydrogen-bond donors (Lipinski definition) is 0. The lowest BCUT2D eigenvalue weighted by Crippen LogP contribution is -2.33. The fraction of sp³-hybridized carbons (Fsp3) is 0.455. The van der Waals surface area contributed by atoms with Crippen LogP contribution in [0.15, 0.2) is 51.6 Å². The highest BCUT2D eigenvalue weighted by molar-refractivity contribution is 5.44. The molecule has 0 aliphatic carbocycles. The van der Waals surface area contributed by atoms with Crippen molar-refractivity contribution in [2.24, 2.45) is 5.92 Å². The van der Waals surface area contributed by atoms with Gasteiger partial charge in [-0.15, -0.1) is 0 Å². The molecule has 1 aliphatic rings. The van der Waals surface area contributed by atoms with Crippen LogP contribution in [0.1, 0.15) is 37.6 Å². The molecule has 0 N–H and O–H groups in total. The van der Waals surface area contributed by atoms with Crippen LogP contribution in [-0.4, -0.2) is 34.7 Å². The van der Waals surface area contributed by atoms with Gasteiger partial charge in [-0.3, -0.25) is 4.90 Å². The lowest BCUT2D eigenvalue weighted by molar-refractivity contribution is 0.155. The minimum absolute atomic E-state index is 0.519. The molecule has 3 heterocycles. The van der Waals surface area contributed by atoms with E-state index in [4.69, 9.17) is 13.7 Å². The van der Waals surface area contributed by atoms with Gasteiger partial charge in [-0.05, 0) is 81.4 Å². The summed E-state index contributed by atoms with van der Waals surface area (Å²) in [6.07, 6.45) is 6.42. The van der Waals surface area contributed by atoms with Crippen LogP contribution in [0.25, 0.3) is 11.6 Å². The van der Waals surface area contributed by atoms with Crippen molar-refractivity contribution in [2.75, 3.05) is 19.7 Å². The molecule has 148 valence electrons. The minimum atomic E-state index is 0.519. The number of rotatable bonds is 8. The molecule has 1 fully saturated rings. The number of benzene rings is 1. The minimum Gasteiger partial charge on any atom is -0.494 e. The third-order valence-corrected chi connectivity index (χ3v) is 5.35. The monoisotopic (exact) mass is 381 g/mol. The quantitative estimate of drug-likeness (QED) is 0.569. The van der Waals surface area contributed by atoms with Crippen LogP contribution < -0.4 is 4.74 Å². The topological polar surface area (TPSA) is 64.5 Å². The summed E-state index contributed by atoms with van der Waals surface area (Å²) in [5, 5.41) is 4.00. The molecule has 0 atom stereocenters. The molecular weight excluding hydrogens is 354 g/mol. The molecule has 0 amide bonds. The van der Waals surface area contributed by atoms with E-state index in [1.807, 2.05) is 19.1 Å². The smallest absolute Gasteiger partial charge is 0.241 e. The molecule has 0 bridgehead atoms. The average molecular weight is 381 g/mol. The van der Waals surface area contributed by atoms with E-state index >= 15 is 0 Å². The Morgan fingerprint density at radius 2 is 1.96 bits per heavy atom. The standard InChI is InChI=1S/C22H27N3O3/c1-2-26-19-9-7-17(8-10-19)5-6-18-11-13-25(14-12-18)16-21-23-22(24-28-21)20-4-3-15-27-20/h3-4,7-10,15,18H,2,5-6,11-14,16H2,1H3. The van der Waals surface area contributed by atoms with Crippen LogP contribution in [-0.2, 0) is 13.0 Å². The summed E-state index contributed by atoms with van der Waals surface area (Å²) in [5.74, 6) is 3.55. The zero-order valence-corrected chi connectivity index (χ0v) is 16.3. The maximum absolute atomic E-state index is 5.51. The highest BCUT2D eigenvalue weighted by atomic mass is 16.5. The predicted molar refractivity (Wildman–Crippen MR) is 106 cm³/mol. The summed E-state index contributed by atoms with van der Waals surface area (Å²) in [4.78, 5) is 6.83. The van der Waals surface area contributed by atoms with Crippen molar-refractivity contribution >= 4 is 0 Å². The summed E-state index contributed by atoms with van der Waals surface area (Å²) < 4.78 is 16.2. The van der Waals surface area contributed by atoms with Crippen LogP contribution in [0.4, 0.5) is 0 Å². The Balaban J connectivity index is 1.20. The SMILES string of the molecule is CCOc1ccc(CCC2CCN(Cc3nc(-c4ccco4)no3)CC2)cc1. The maximum atomic E-state index is 5.51. The molecule has 0 spiro atoms. The molecular formula is C22H27N3O3. The summed E-state index contributed by atoms with van der Waals surface area (Å²) in [5.41, 5.74) is 1.39. The summed E-state index contributed by atoms with van der Waals surface area (Å²) >= 11 is 0. The first-order chi connectivity index (χ1) is 13.8. The van der Waals surface area contributed by atoms with Gasteiger partial charge >= 0.3 is 0 Å². The van der Waals surface area contributed by atoms with Gasteiger partial charge in [0.1, 0.15) is 5.75 Å². The fourth-order valence-electron chi connectivity index (χ4n) is 3.74. The van der Waals surface area contributed by atoms with Crippen molar-refractivity contribution in [3.8, 4) is 17.3 Å². The fourth-order valence-corrected chi connectivity index (χ4v) is 3.74. The van der Waals surface area contributed by atoms with E-state index in [0.29, 0.717) is 30.6 Å². The molecule has 1 saturated heterocycles. The molecule has 3 aromatic rings. The number of aromatic nitrogens is 2. The van der Waals surface area contributed by atoms with E-state index < -0.39 is 0 Å². The molecule has 1 aromatic carbocycles. The van der Waals surface area contributed by atoms with Crippen LogP contribution in [0, 0.1) is 5.92 Å². The van der Waals surface area contributed by atoms with Crippen LogP contribution in [0.3, 0.4) is 0 Å². The van der Waals surface area contributed by atoms with E-state index in [1.54, 1.807) is 6.26 Å². The summed E-state index contributed by atoms with van der Waals surface area (Å²) in [7, 11) is 0. The van der Waals surface area contributed by atoms with E-state index in [1.165, 1.54) is 24.8 Å². The molecule has 2 aromatic heterocycles. The third kappa shape index (κ3) is 4.81. The number of likely N-dealkylation sites (tertiary alicyclic amines) is 1. The second-order valence-electron chi connectivity index (χ2n) is 7.32. The second kappa shape index (κ2) is 9.06. The summed E-state index contributed by atoms with van der Waals surface area (Å²) in [6.45, 7) is 5.58. The number of furan rings is 1. The summed E-state index contributed by atoms with van der Waals surface area (Å²) in [6, 6.07) is 12.2. The highest BCUT2D eigenvalue weighted by Crippen LogP contribution is 2.24. The molecule has 6 heteroatoms. The van der Waals surface area contributed by atoms with Gasteiger partial charge in [-0.1, -0.05) is 17.3 Å². The van der Waals surface area contributed by atoms with Crippen LogP contribution in [0.5, 0.6) is 5.75 Å². The number of aryl methyl sites for hydroxylation is 1. The normalized spacial score (nSPS) is 15.8. The van der Waals surface area contributed by atoms with E-state index in [0.717, 1.165) is 31.2 Å². The zero-order valence-electron chi connectivity index (χ0n) is 16.3. The van der Waals surface area contributed by atoms with Gasteiger partial charge in [0.2, 0.25) is 11.7 Å². The molecule has 6 nitrogen and oxygen atoms in total. The van der Waals surface area contributed by atoms with Gasteiger partial charge in [-0.25, -0.2) is 0 Å². The van der Waals surface area contributed by atoms with E-state index in [9.17, 15) is 0 Å². The van der Waals surface area contributed by atoms with Crippen LogP contribution in [0.2, 0.25) is 0 Å². The Hall–Kier alpha value is -2.60. The van der Waals surface area contributed by atoms with E-state index in [2.05, 4.69) is 39.3 Å². The van der Waals surface area contributed by atoms with Gasteiger partial charge in [0.15, 0.2) is 5.76 Å². The first kappa shape index (κ1) is 18.7. The average Bonchev–Trinajstić information content (AvgIpc) is 3.41. The Bertz CT molecular complexity index is 834. The van der Waals surface area contributed by atoms with Gasteiger partial charge in [0, 0.05) is 0 Å². The van der Waals surface area contributed by atoms with E-state index in [-0.39, 0.29) is 0 Å². The van der Waals surface area contributed by atoms with Crippen molar-refractivity contribution in [1.82, 2.24) is 15.0 Å². The first-order valence-electron chi connectivity index (χ1n) is 10.1. The Labute approximate surface area is 165 Å². The Kier molecular flexibility index (Phi) is 6.07.